The Morgan fingerprint density at radius 1 is 1.44 bits per heavy atom. The van der Waals surface area contributed by atoms with Gasteiger partial charge >= 0.3 is 5.97 Å². The highest BCUT2D eigenvalue weighted by atomic mass is 16.5. The van der Waals surface area contributed by atoms with Crippen molar-refractivity contribution in [3.63, 3.8) is 0 Å². The lowest BCUT2D eigenvalue weighted by molar-refractivity contribution is -0.137. The molecule has 0 bridgehead atoms. The molecule has 0 spiro atoms. The standard InChI is InChI=1S/C12H19NO3/c1-7-10(16-8(2)14)6-5-9(11(13)15)12(7,3)4/h9H,5-6H2,1-4H3,(H2,13,15)/t9-/m1/s1. The van der Waals surface area contributed by atoms with Gasteiger partial charge in [-0.05, 0) is 18.9 Å². The Morgan fingerprint density at radius 2 is 2.00 bits per heavy atom. The third kappa shape index (κ3) is 2.26. The van der Waals surface area contributed by atoms with Crippen LogP contribution in [0.3, 0.4) is 0 Å². The first-order valence-electron chi connectivity index (χ1n) is 5.44. The Balaban J connectivity index is 3.04. The molecule has 16 heavy (non-hydrogen) atoms. The highest BCUT2D eigenvalue weighted by Gasteiger charge is 2.40. The summed E-state index contributed by atoms with van der Waals surface area (Å²) in [6.07, 6.45) is 1.24. The molecular weight excluding hydrogens is 206 g/mol. The number of nitrogens with two attached hydrogens (primary N) is 1. The molecule has 1 amide bonds. The van der Waals surface area contributed by atoms with Crippen molar-refractivity contribution in [2.75, 3.05) is 0 Å². The molecular formula is C12H19NO3. The largest absolute Gasteiger partial charge is 0.431 e. The summed E-state index contributed by atoms with van der Waals surface area (Å²) in [5, 5.41) is 0. The van der Waals surface area contributed by atoms with E-state index in [0.717, 1.165) is 5.57 Å². The number of hydrogen-bond acceptors (Lipinski definition) is 3. The van der Waals surface area contributed by atoms with Crippen LogP contribution in [-0.2, 0) is 14.3 Å². The average Bonchev–Trinajstić information content (AvgIpc) is 2.11. The summed E-state index contributed by atoms with van der Waals surface area (Å²) in [6, 6.07) is 0. The molecule has 90 valence electrons. The highest BCUT2D eigenvalue weighted by Crippen LogP contribution is 2.44. The molecule has 0 aromatic heterocycles. The van der Waals surface area contributed by atoms with Crippen LogP contribution in [0.5, 0.6) is 0 Å². The van der Waals surface area contributed by atoms with Gasteiger partial charge in [0.1, 0.15) is 5.76 Å². The molecule has 0 saturated heterocycles. The lowest BCUT2D eigenvalue weighted by Crippen LogP contribution is -2.39. The van der Waals surface area contributed by atoms with Gasteiger partial charge in [0.25, 0.3) is 0 Å². The molecule has 0 aromatic carbocycles. The van der Waals surface area contributed by atoms with Crippen LogP contribution in [0.4, 0.5) is 0 Å². The molecule has 0 fully saturated rings. The number of primary amides is 1. The molecule has 1 aliphatic carbocycles. The first kappa shape index (κ1) is 12.7. The van der Waals surface area contributed by atoms with E-state index >= 15 is 0 Å². The number of ether oxygens (including phenoxy) is 1. The second-order valence-electron chi connectivity index (χ2n) is 4.86. The van der Waals surface area contributed by atoms with E-state index in [1.165, 1.54) is 6.92 Å². The normalized spacial score (nSPS) is 24.1. The van der Waals surface area contributed by atoms with Crippen LogP contribution in [0.25, 0.3) is 0 Å². The fraction of sp³-hybridized carbons (Fsp3) is 0.667. The molecule has 0 aliphatic heterocycles. The quantitative estimate of drug-likeness (QED) is 0.728. The minimum atomic E-state index is -0.338. The van der Waals surface area contributed by atoms with Gasteiger partial charge in [0.2, 0.25) is 5.91 Å². The van der Waals surface area contributed by atoms with Crippen LogP contribution in [0.15, 0.2) is 11.3 Å². The molecule has 0 radical (unpaired) electrons. The van der Waals surface area contributed by atoms with Gasteiger partial charge in [-0.1, -0.05) is 13.8 Å². The zero-order chi connectivity index (χ0) is 12.5. The predicted molar refractivity (Wildman–Crippen MR) is 60.2 cm³/mol. The van der Waals surface area contributed by atoms with Crippen molar-refractivity contribution in [3.05, 3.63) is 11.3 Å². The van der Waals surface area contributed by atoms with Crippen LogP contribution in [0.2, 0.25) is 0 Å². The molecule has 4 heteroatoms. The van der Waals surface area contributed by atoms with Gasteiger partial charge in [0.05, 0.1) is 0 Å². The van der Waals surface area contributed by atoms with Gasteiger partial charge in [0.15, 0.2) is 0 Å². The zero-order valence-electron chi connectivity index (χ0n) is 10.3. The number of amides is 1. The predicted octanol–water partition coefficient (Wildman–Crippen LogP) is 1.74. The molecule has 1 rings (SSSR count). The molecule has 1 atom stereocenters. The second kappa shape index (κ2) is 4.28. The van der Waals surface area contributed by atoms with Gasteiger partial charge in [-0.15, -0.1) is 0 Å². The molecule has 0 saturated carbocycles. The van der Waals surface area contributed by atoms with Crippen LogP contribution in [-0.4, -0.2) is 11.9 Å². The zero-order valence-corrected chi connectivity index (χ0v) is 10.3. The maximum atomic E-state index is 11.3. The topological polar surface area (TPSA) is 69.4 Å². The first-order valence-corrected chi connectivity index (χ1v) is 5.44. The SMILES string of the molecule is CC(=O)OC1=C(C)C(C)(C)[C@@H](C(N)=O)CC1. The van der Waals surface area contributed by atoms with Crippen molar-refractivity contribution in [1.82, 2.24) is 0 Å². The number of rotatable bonds is 2. The molecule has 2 N–H and O–H groups in total. The lowest BCUT2D eigenvalue weighted by atomic mass is 9.67. The number of esters is 1. The van der Waals surface area contributed by atoms with E-state index in [0.29, 0.717) is 18.6 Å². The Morgan fingerprint density at radius 3 is 2.44 bits per heavy atom. The number of carbonyl (C=O) groups excluding carboxylic acids is 2. The minimum Gasteiger partial charge on any atom is -0.431 e. The molecule has 0 aromatic rings. The van der Waals surface area contributed by atoms with Crippen molar-refractivity contribution in [2.24, 2.45) is 17.1 Å². The summed E-state index contributed by atoms with van der Waals surface area (Å²) in [5.41, 5.74) is 5.99. The summed E-state index contributed by atoms with van der Waals surface area (Å²) >= 11 is 0. The number of hydrogen-bond donors (Lipinski definition) is 1. The van der Waals surface area contributed by atoms with E-state index in [1.807, 2.05) is 20.8 Å². The molecule has 1 aliphatic rings. The van der Waals surface area contributed by atoms with Gasteiger partial charge in [-0.2, -0.15) is 0 Å². The maximum Gasteiger partial charge on any atom is 0.307 e. The Bertz CT molecular complexity index is 355. The van der Waals surface area contributed by atoms with Crippen molar-refractivity contribution in [1.29, 1.82) is 0 Å². The summed E-state index contributed by atoms with van der Waals surface area (Å²) in [4.78, 5) is 22.3. The van der Waals surface area contributed by atoms with E-state index in [1.54, 1.807) is 0 Å². The minimum absolute atomic E-state index is 0.188. The van der Waals surface area contributed by atoms with E-state index in [9.17, 15) is 9.59 Å². The third-order valence-electron chi connectivity index (χ3n) is 3.53. The monoisotopic (exact) mass is 225 g/mol. The van der Waals surface area contributed by atoms with E-state index < -0.39 is 0 Å². The van der Waals surface area contributed by atoms with E-state index in [-0.39, 0.29) is 23.2 Å². The summed E-state index contributed by atoms with van der Waals surface area (Å²) in [7, 11) is 0. The summed E-state index contributed by atoms with van der Waals surface area (Å²) in [6.45, 7) is 7.20. The highest BCUT2D eigenvalue weighted by molar-refractivity contribution is 5.78. The first-order chi connectivity index (χ1) is 7.26. The van der Waals surface area contributed by atoms with Gasteiger partial charge in [0, 0.05) is 24.7 Å². The summed E-state index contributed by atoms with van der Waals surface area (Å²) in [5.74, 6) is -0.101. The van der Waals surface area contributed by atoms with Crippen LogP contribution in [0, 0.1) is 11.3 Å². The summed E-state index contributed by atoms with van der Waals surface area (Å²) < 4.78 is 5.16. The van der Waals surface area contributed by atoms with Crippen LogP contribution < -0.4 is 5.73 Å². The smallest absolute Gasteiger partial charge is 0.307 e. The second-order valence-corrected chi connectivity index (χ2v) is 4.86. The van der Waals surface area contributed by atoms with Crippen molar-refractivity contribution in [3.8, 4) is 0 Å². The molecule has 4 nitrogen and oxygen atoms in total. The van der Waals surface area contributed by atoms with Crippen molar-refractivity contribution < 1.29 is 14.3 Å². The average molecular weight is 225 g/mol. The van der Waals surface area contributed by atoms with E-state index in [4.69, 9.17) is 10.5 Å². The van der Waals surface area contributed by atoms with Crippen molar-refractivity contribution >= 4 is 11.9 Å². The fourth-order valence-corrected chi connectivity index (χ4v) is 2.24. The molecule has 0 unspecified atom stereocenters. The third-order valence-corrected chi connectivity index (χ3v) is 3.53. The van der Waals surface area contributed by atoms with E-state index in [2.05, 4.69) is 0 Å². The Kier molecular flexibility index (Phi) is 3.41. The lowest BCUT2D eigenvalue weighted by Gasteiger charge is -2.38. The van der Waals surface area contributed by atoms with Gasteiger partial charge in [-0.3, -0.25) is 9.59 Å². The molecule has 0 heterocycles. The fourth-order valence-electron chi connectivity index (χ4n) is 2.24. The van der Waals surface area contributed by atoms with Crippen LogP contribution in [0.1, 0.15) is 40.5 Å². The Labute approximate surface area is 95.8 Å². The van der Waals surface area contributed by atoms with Gasteiger partial charge < -0.3 is 10.5 Å². The Hall–Kier alpha value is -1.32. The van der Waals surface area contributed by atoms with Crippen LogP contribution >= 0.6 is 0 Å². The maximum absolute atomic E-state index is 11.3. The number of allylic oxidation sites excluding steroid dienone is 2. The van der Waals surface area contributed by atoms with Gasteiger partial charge in [-0.25, -0.2) is 0 Å². The van der Waals surface area contributed by atoms with Crippen molar-refractivity contribution in [2.45, 2.75) is 40.5 Å². The number of carbonyl (C=O) groups is 2.